The number of nitrogens with two attached hydrogens (primary N) is 1. The number of thiophene rings is 2. The van der Waals surface area contributed by atoms with Crippen LogP contribution in [0.2, 0.25) is 0 Å². The van der Waals surface area contributed by atoms with Crippen LogP contribution in [0.4, 0.5) is 0 Å². The van der Waals surface area contributed by atoms with Gasteiger partial charge in [0.05, 0.1) is 0 Å². The Hall–Kier alpha value is -0.640. The zero-order valence-corrected chi connectivity index (χ0v) is 8.83. The zero-order chi connectivity index (χ0) is 9.10. The lowest BCUT2D eigenvalue weighted by atomic mass is 10.3. The first-order valence-electron chi connectivity index (χ1n) is 4.23. The van der Waals surface area contributed by atoms with Crippen LogP contribution >= 0.6 is 22.7 Å². The van der Waals surface area contributed by atoms with E-state index in [4.69, 9.17) is 5.73 Å². The van der Waals surface area contributed by atoms with Gasteiger partial charge in [-0.3, -0.25) is 0 Å². The number of hydrogen-bond acceptors (Lipinski definition) is 3. The highest BCUT2D eigenvalue weighted by molar-refractivity contribution is 7.21. The maximum atomic E-state index is 5.50. The van der Waals surface area contributed by atoms with Crippen LogP contribution in [-0.4, -0.2) is 6.54 Å². The second-order valence-electron chi connectivity index (χ2n) is 2.78. The monoisotopic (exact) mass is 209 g/mol. The van der Waals surface area contributed by atoms with Crippen LogP contribution in [-0.2, 0) is 6.42 Å². The highest BCUT2D eigenvalue weighted by Gasteiger charge is 2.02. The Balaban J connectivity index is 2.23. The maximum absolute atomic E-state index is 5.50. The van der Waals surface area contributed by atoms with E-state index in [1.165, 1.54) is 14.6 Å². The van der Waals surface area contributed by atoms with E-state index in [-0.39, 0.29) is 0 Å². The zero-order valence-electron chi connectivity index (χ0n) is 7.19. The summed E-state index contributed by atoms with van der Waals surface area (Å²) in [6.07, 6.45) is 0.996. The lowest BCUT2D eigenvalue weighted by molar-refractivity contribution is 0.989. The smallest absolute Gasteiger partial charge is 0.0445 e. The molecule has 2 N–H and O–H groups in total. The molecule has 0 aliphatic heterocycles. The molecule has 0 bridgehead atoms. The SMILES string of the molecule is NCCc1ccc(-c2cccs2)s1. The fourth-order valence-electron chi connectivity index (χ4n) is 1.21. The highest BCUT2D eigenvalue weighted by Crippen LogP contribution is 2.31. The first kappa shape index (κ1) is 8.94. The van der Waals surface area contributed by atoms with Crippen molar-refractivity contribution in [2.45, 2.75) is 6.42 Å². The maximum Gasteiger partial charge on any atom is 0.0445 e. The number of rotatable bonds is 3. The van der Waals surface area contributed by atoms with E-state index < -0.39 is 0 Å². The quantitative estimate of drug-likeness (QED) is 0.826. The molecule has 0 aliphatic rings. The Morgan fingerprint density at radius 1 is 1.15 bits per heavy atom. The lowest BCUT2D eigenvalue weighted by Crippen LogP contribution is -2.00. The van der Waals surface area contributed by atoms with E-state index >= 15 is 0 Å². The summed E-state index contributed by atoms with van der Waals surface area (Å²) >= 11 is 3.63. The molecule has 2 heterocycles. The van der Waals surface area contributed by atoms with Gasteiger partial charge in [0.25, 0.3) is 0 Å². The predicted molar refractivity (Wildman–Crippen MR) is 60.4 cm³/mol. The Bertz CT molecular complexity index is 362. The molecule has 0 aromatic carbocycles. The largest absolute Gasteiger partial charge is 0.330 e. The molecule has 68 valence electrons. The first-order valence-corrected chi connectivity index (χ1v) is 5.92. The summed E-state index contributed by atoms with van der Waals surface area (Å²) in [6, 6.07) is 8.60. The van der Waals surface area contributed by atoms with Crippen molar-refractivity contribution < 1.29 is 0 Å². The van der Waals surface area contributed by atoms with Crippen molar-refractivity contribution in [2.24, 2.45) is 5.73 Å². The van der Waals surface area contributed by atoms with Gasteiger partial charge in [0, 0.05) is 14.6 Å². The minimum absolute atomic E-state index is 0.740. The Morgan fingerprint density at radius 2 is 2.08 bits per heavy atom. The summed E-state index contributed by atoms with van der Waals surface area (Å²) in [5.74, 6) is 0. The van der Waals surface area contributed by atoms with Crippen LogP contribution in [0.1, 0.15) is 4.88 Å². The molecule has 0 fully saturated rings. The number of hydrogen-bond donors (Lipinski definition) is 1. The fourth-order valence-corrected chi connectivity index (χ4v) is 3.06. The minimum Gasteiger partial charge on any atom is -0.330 e. The summed E-state index contributed by atoms with van der Waals surface area (Å²) in [4.78, 5) is 4.10. The lowest BCUT2D eigenvalue weighted by Gasteiger charge is -1.90. The molecule has 2 aromatic rings. The average molecular weight is 209 g/mol. The van der Waals surface area contributed by atoms with E-state index in [0.29, 0.717) is 0 Å². The molecule has 2 rings (SSSR count). The minimum atomic E-state index is 0.740. The fraction of sp³-hybridized carbons (Fsp3) is 0.200. The summed E-state index contributed by atoms with van der Waals surface area (Å²) in [7, 11) is 0. The van der Waals surface area contributed by atoms with Gasteiger partial charge >= 0.3 is 0 Å². The third kappa shape index (κ3) is 1.99. The second-order valence-corrected chi connectivity index (χ2v) is 4.90. The van der Waals surface area contributed by atoms with Crippen molar-refractivity contribution in [1.29, 1.82) is 0 Å². The first-order chi connectivity index (χ1) is 6.40. The third-order valence-corrected chi connectivity index (χ3v) is 4.03. The van der Waals surface area contributed by atoms with Crippen LogP contribution in [0.15, 0.2) is 29.6 Å². The van der Waals surface area contributed by atoms with Gasteiger partial charge in [-0.25, -0.2) is 0 Å². The van der Waals surface area contributed by atoms with E-state index in [9.17, 15) is 0 Å². The van der Waals surface area contributed by atoms with E-state index in [1.807, 2.05) is 11.3 Å². The molecule has 1 nitrogen and oxygen atoms in total. The Kier molecular flexibility index (Phi) is 2.78. The van der Waals surface area contributed by atoms with Crippen LogP contribution in [0.25, 0.3) is 9.75 Å². The van der Waals surface area contributed by atoms with Gasteiger partial charge in [-0.05, 0) is 36.5 Å². The van der Waals surface area contributed by atoms with Crippen molar-refractivity contribution in [1.82, 2.24) is 0 Å². The second kappa shape index (κ2) is 4.05. The predicted octanol–water partition coefficient (Wildman–Crippen LogP) is 2.98. The van der Waals surface area contributed by atoms with Crippen molar-refractivity contribution in [3.63, 3.8) is 0 Å². The average Bonchev–Trinajstić information content (AvgIpc) is 2.70. The van der Waals surface area contributed by atoms with Crippen molar-refractivity contribution in [3.05, 3.63) is 34.5 Å². The van der Waals surface area contributed by atoms with Crippen LogP contribution in [0.3, 0.4) is 0 Å². The van der Waals surface area contributed by atoms with Crippen LogP contribution < -0.4 is 5.73 Å². The summed E-state index contributed by atoms with van der Waals surface area (Å²) < 4.78 is 0. The van der Waals surface area contributed by atoms with Crippen LogP contribution in [0.5, 0.6) is 0 Å². The van der Waals surface area contributed by atoms with Gasteiger partial charge < -0.3 is 5.73 Å². The van der Waals surface area contributed by atoms with Gasteiger partial charge in [-0.2, -0.15) is 0 Å². The molecule has 0 unspecified atom stereocenters. The summed E-state index contributed by atoms with van der Waals surface area (Å²) in [5.41, 5.74) is 5.50. The molecule has 0 saturated heterocycles. The highest BCUT2D eigenvalue weighted by atomic mass is 32.1. The Labute approximate surface area is 85.8 Å². The molecule has 0 radical (unpaired) electrons. The molecular formula is C10H11NS2. The van der Waals surface area contributed by atoms with Gasteiger partial charge in [-0.15, -0.1) is 22.7 Å². The van der Waals surface area contributed by atoms with Gasteiger partial charge in [0.15, 0.2) is 0 Å². The van der Waals surface area contributed by atoms with Gasteiger partial charge in [0.2, 0.25) is 0 Å². The van der Waals surface area contributed by atoms with Gasteiger partial charge in [0.1, 0.15) is 0 Å². The van der Waals surface area contributed by atoms with Gasteiger partial charge in [-0.1, -0.05) is 6.07 Å². The summed E-state index contributed by atoms with van der Waals surface area (Å²) in [5, 5.41) is 2.11. The molecule has 0 amide bonds. The molecule has 0 aliphatic carbocycles. The molecule has 0 atom stereocenters. The standard InChI is InChI=1S/C10H11NS2/c11-6-5-8-3-4-10(13-8)9-2-1-7-12-9/h1-4,7H,5-6,11H2. The topological polar surface area (TPSA) is 26.0 Å². The van der Waals surface area contributed by atoms with Crippen molar-refractivity contribution in [3.8, 4) is 9.75 Å². The van der Waals surface area contributed by atoms with E-state index in [0.717, 1.165) is 13.0 Å². The third-order valence-electron chi connectivity index (χ3n) is 1.82. The molecular weight excluding hydrogens is 198 g/mol. The van der Waals surface area contributed by atoms with Crippen molar-refractivity contribution in [2.75, 3.05) is 6.54 Å². The summed E-state index contributed by atoms with van der Waals surface area (Å²) in [6.45, 7) is 0.740. The molecule has 0 saturated carbocycles. The molecule has 3 heteroatoms. The van der Waals surface area contributed by atoms with Crippen molar-refractivity contribution >= 4 is 22.7 Å². The van der Waals surface area contributed by atoms with E-state index in [2.05, 4.69) is 29.6 Å². The molecule has 0 spiro atoms. The van der Waals surface area contributed by atoms with E-state index in [1.54, 1.807) is 11.3 Å². The Morgan fingerprint density at radius 3 is 2.77 bits per heavy atom. The molecule has 2 aromatic heterocycles. The normalized spacial score (nSPS) is 10.5. The van der Waals surface area contributed by atoms with Crippen LogP contribution in [0, 0.1) is 0 Å². The molecule has 13 heavy (non-hydrogen) atoms.